The van der Waals surface area contributed by atoms with Crippen LogP contribution in [0, 0.1) is 5.92 Å². The first-order chi connectivity index (χ1) is 15.9. The largest absolute Gasteiger partial charge is 0.497 e. The van der Waals surface area contributed by atoms with Crippen molar-refractivity contribution in [2.45, 2.75) is 25.2 Å². The molecule has 0 saturated heterocycles. The second-order valence-electron chi connectivity index (χ2n) is 7.95. The number of ketones is 1. The summed E-state index contributed by atoms with van der Waals surface area (Å²) < 4.78 is 15.5. The molecule has 0 radical (unpaired) electrons. The van der Waals surface area contributed by atoms with Gasteiger partial charge in [-0.25, -0.2) is 4.79 Å². The Kier molecular flexibility index (Phi) is 6.37. The minimum atomic E-state index is -1.00. The van der Waals surface area contributed by atoms with Gasteiger partial charge in [-0.2, -0.15) is 0 Å². The number of carbonyl (C=O) groups excluding carboxylic acids is 3. The first-order valence-corrected chi connectivity index (χ1v) is 11.4. The Bertz CT molecular complexity index is 1160. The van der Waals surface area contributed by atoms with Crippen molar-refractivity contribution in [2.75, 3.05) is 21.3 Å². The monoisotopic (exact) mass is 467 g/mol. The molecule has 2 heterocycles. The molecule has 33 heavy (non-hydrogen) atoms. The fourth-order valence-corrected chi connectivity index (χ4v) is 5.60. The molecule has 1 N–H and O–H groups in total. The van der Waals surface area contributed by atoms with Crippen LogP contribution in [-0.2, 0) is 23.9 Å². The molecule has 0 amide bonds. The lowest BCUT2D eigenvalue weighted by atomic mass is 9.68. The number of carbonyl (C=O) groups is 3. The van der Waals surface area contributed by atoms with Crippen molar-refractivity contribution in [1.29, 1.82) is 0 Å². The Hall–Kier alpha value is -3.39. The molecule has 7 nitrogen and oxygen atoms in total. The molecule has 3 unspecified atom stereocenters. The first kappa shape index (κ1) is 22.8. The van der Waals surface area contributed by atoms with Crippen LogP contribution in [0.4, 0.5) is 0 Å². The third kappa shape index (κ3) is 3.95. The Morgan fingerprint density at radius 2 is 1.88 bits per heavy atom. The predicted octanol–water partition coefficient (Wildman–Crippen LogP) is 3.69. The molecule has 4 rings (SSSR count). The summed E-state index contributed by atoms with van der Waals surface area (Å²) in [6.45, 7) is 1.79. The van der Waals surface area contributed by atoms with Crippen LogP contribution in [0.1, 0.15) is 35.6 Å². The van der Waals surface area contributed by atoms with Gasteiger partial charge in [0.1, 0.15) is 11.7 Å². The van der Waals surface area contributed by atoms with Crippen LogP contribution < -0.4 is 10.1 Å². The predicted molar refractivity (Wildman–Crippen MR) is 123 cm³/mol. The molecule has 0 fully saturated rings. The summed E-state index contributed by atoms with van der Waals surface area (Å²) in [5.74, 6) is -2.93. The molecule has 0 bridgehead atoms. The van der Waals surface area contributed by atoms with Crippen LogP contribution in [0.25, 0.3) is 0 Å². The zero-order chi connectivity index (χ0) is 23.7. The third-order valence-corrected chi connectivity index (χ3v) is 7.22. The van der Waals surface area contributed by atoms with Crippen LogP contribution in [-0.4, -0.2) is 39.1 Å². The highest BCUT2D eigenvalue weighted by Crippen LogP contribution is 2.49. The van der Waals surface area contributed by atoms with Gasteiger partial charge in [0.05, 0.1) is 26.9 Å². The van der Waals surface area contributed by atoms with E-state index in [1.165, 1.54) is 25.6 Å². The number of Topliss-reactive ketones (excluding diaryl/α,β-unsaturated/α-hetero) is 1. The van der Waals surface area contributed by atoms with E-state index in [2.05, 4.69) is 5.32 Å². The summed E-state index contributed by atoms with van der Waals surface area (Å²) in [5.41, 5.74) is 2.74. The van der Waals surface area contributed by atoms with Crippen LogP contribution in [0.5, 0.6) is 5.75 Å². The van der Waals surface area contributed by atoms with Gasteiger partial charge in [-0.3, -0.25) is 9.59 Å². The van der Waals surface area contributed by atoms with E-state index in [9.17, 15) is 14.4 Å². The maximum absolute atomic E-state index is 14.0. The number of esters is 2. The van der Waals surface area contributed by atoms with Gasteiger partial charge in [-0.15, -0.1) is 11.3 Å². The molecule has 0 spiro atoms. The average molecular weight is 468 g/mol. The van der Waals surface area contributed by atoms with Gasteiger partial charge in [-0.1, -0.05) is 18.2 Å². The highest BCUT2D eigenvalue weighted by molar-refractivity contribution is 7.10. The van der Waals surface area contributed by atoms with Crippen molar-refractivity contribution in [3.8, 4) is 5.75 Å². The molecular formula is C25H25NO6S. The van der Waals surface area contributed by atoms with Crippen molar-refractivity contribution in [3.05, 3.63) is 74.8 Å². The number of benzene rings is 1. The second kappa shape index (κ2) is 9.23. The Morgan fingerprint density at radius 3 is 2.52 bits per heavy atom. The normalized spacial score (nSPS) is 22.4. The molecule has 1 aromatic heterocycles. The van der Waals surface area contributed by atoms with Gasteiger partial charge in [0.25, 0.3) is 0 Å². The molecule has 1 aliphatic heterocycles. The highest BCUT2D eigenvalue weighted by Gasteiger charge is 2.49. The number of ether oxygens (including phenoxy) is 3. The molecule has 8 heteroatoms. The molecule has 2 aliphatic rings. The van der Waals surface area contributed by atoms with Crippen LogP contribution in [0.3, 0.4) is 0 Å². The van der Waals surface area contributed by atoms with Crippen LogP contribution >= 0.6 is 11.3 Å². The lowest BCUT2D eigenvalue weighted by Crippen LogP contribution is -2.43. The van der Waals surface area contributed by atoms with Gasteiger partial charge < -0.3 is 19.5 Å². The van der Waals surface area contributed by atoms with Gasteiger partial charge in [-0.05, 0) is 42.5 Å². The van der Waals surface area contributed by atoms with Gasteiger partial charge in [0.15, 0.2) is 5.78 Å². The lowest BCUT2D eigenvalue weighted by molar-refractivity contribution is -0.149. The lowest BCUT2D eigenvalue weighted by Gasteiger charge is -2.39. The zero-order valence-electron chi connectivity index (χ0n) is 18.8. The summed E-state index contributed by atoms with van der Waals surface area (Å²) in [7, 11) is 4.15. The number of dihydropyridines is 1. The Balaban J connectivity index is 1.92. The Morgan fingerprint density at radius 1 is 1.09 bits per heavy atom. The van der Waals surface area contributed by atoms with Crippen molar-refractivity contribution >= 4 is 29.1 Å². The SMILES string of the molecule is COC(=O)C1=C(C)NC2=C(C(=O)C(C(=O)OC)C(c3cccs3)C2)C1c1cccc(OC)c1. The summed E-state index contributed by atoms with van der Waals surface area (Å²) in [6, 6.07) is 11.1. The molecule has 0 saturated carbocycles. The fourth-order valence-electron chi connectivity index (χ4n) is 4.74. The van der Waals surface area contributed by atoms with Crippen molar-refractivity contribution < 1.29 is 28.6 Å². The van der Waals surface area contributed by atoms with E-state index < -0.39 is 23.8 Å². The van der Waals surface area contributed by atoms with Crippen molar-refractivity contribution in [1.82, 2.24) is 5.32 Å². The summed E-state index contributed by atoms with van der Waals surface area (Å²) in [4.78, 5) is 40.6. The van der Waals surface area contributed by atoms with Crippen molar-refractivity contribution in [2.24, 2.45) is 5.92 Å². The maximum atomic E-state index is 14.0. The van der Waals surface area contributed by atoms with Gasteiger partial charge in [0, 0.05) is 33.7 Å². The number of thiophene rings is 1. The number of rotatable bonds is 5. The fraction of sp³-hybridized carbons (Fsp3) is 0.320. The molecule has 3 atom stereocenters. The van der Waals surface area contributed by atoms with Crippen molar-refractivity contribution in [3.63, 3.8) is 0 Å². The van der Waals surface area contributed by atoms with E-state index in [1.54, 1.807) is 32.2 Å². The maximum Gasteiger partial charge on any atom is 0.336 e. The first-order valence-electron chi connectivity index (χ1n) is 10.5. The molecule has 172 valence electrons. The quantitative estimate of drug-likeness (QED) is 0.530. The number of nitrogens with one attached hydrogen (secondary N) is 1. The topological polar surface area (TPSA) is 90.9 Å². The molecular weight excluding hydrogens is 442 g/mol. The van der Waals surface area contributed by atoms with E-state index >= 15 is 0 Å². The number of methoxy groups -OCH3 is 3. The summed E-state index contributed by atoms with van der Waals surface area (Å²) >= 11 is 1.50. The van der Waals surface area contributed by atoms with E-state index in [4.69, 9.17) is 14.2 Å². The van der Waals surface area contributed by atoms with E-state index in [1.807, 2.05) is 23.6 Å². The van der Waals surface area contributed by atoms with E-state index in [0.717, 1.165) is 4.88 Å². The summed E-state index contributed by atoms with van der Waals surface area (Å²) in [6.07, 6.45) is 0.438. The summed E-state index contributed by atoms with van der Waals surface area (Å²) in [5, 5.41) is 5.19. The van der Waals surface area contributed by atoms with Gasteiger partial charge >= 0.3 is 11.9 Å². The van der Waals surface area contributed by atoms with Crippen LogP contribution in [0.2, 0.25) is 0 Å². The number of hydrogen-bond acceptors (Lipinski definition) is 8. The molecule has 2 aromatic rings. The Labute approximate surface area is 196 Å². The average Bonchev–Trinajstić information content (AvgIpc) is 3.37. The molecule has 1 aromatic carbocycles. The minimum absolute atomic E-state index is 0.330. The standard InChI is InChI=1S/C25H25NO6S/c1-13-19(24(28)31-3)20(14-7-5-8-15(11-14)30-2)22-17(26-13)12-16(18-9-6-10-33-18)21(23(22)27)25(29)32-4/h5-11,16,20-21,26H,12H2,1-4H3. The number of hydrogen-bond donors (Lipinski definition) is 1. The van der Waals surface area contributed by atoms with Crippen LogP contribution in [0.15, 0.2) is 64.3 Å². The number of allylic oxidation sites excluding steroid dienone is 3. The van der Waals surface area contributed by atoms with E-state index in [-0.39, 0.29) is 11.7 Å². The minimum Gasteiger partial charge on any atom is -0.497 e. The third-order valence-electron chi connectivity index (χ3n) is 6.22. The molecule has 1 aliphatic carbocycles. The zero-order valence-corrected chi connectivity index (χ0v) is 19.7. The second-order valence-corrected chi connectivity index (χ2v) is 8.93. The smallest absolute Gasteiger partial charge is 0.336 e. The van der Waals surface area contributed by atoms with E-state index in [0.29, 0.717) is 40.3 Å². The van der Waals surface area contributed by atoms with Gasteiger partial charge in [0.2, 0.25) is 0 Å². The highest BCUT2D eigenvalue weighted by atomic mass is 32.1.